The number of halogens is 1. The molecule has 0 spiro atoms. The SMILES string of the molecule is C=C(Br)C1CC1. The summed E-state index contributed by atoms with van der Waals surface area (Å²) in [7, 11) is 0. The van der Waals surface area contributed by atoms with E-state index in [0.29, 0.717) is 0 Å². The summed E-state index contributed by atoms with van der Waals surface area (Å²) in [5, 5.41) is 0. The van der Waals surface area contributed by atoms with Crippen molar-refractivity contribution >= 4 is 15.9 Å². The average Bonchev–Trinajstić information content (AvgIpc) is 2.06. The molecule has 0 N–H and O–H groups in total. The lowest BCUT2D eigenvalue weighted by atomic mass is 10.4. The molecule has 1 heteroatoms. The van der Waals surface area contributed by atoms with Crippen LogP contribution in [0.1, 0.15) is 12.8 Å². The molecule has 0 aromatic carbocycles. The molecule has 1 saturated carbocycles. The molecular formula is C5H7Br. The molecule has 0 aromatic heterocycles. The van der Waals surface area contributed by atoms with Crippen LogP contribution in [0, 0.1) is 5.92 Å². The van der Waals surface area contributed by atoms with Crippen LogP contribution in [0.5, 0.6) is 0 Å². The lowest BCUT2D eigenvalue weighted by molar-refractivity contribution is 1.11. The zero-order valence-corrected chi connectivity index (χ0v) is 5.16. The minimum absolute atomic E-state index is 0.824. The Balaban J connectivity index is 2.31. The Kier molecular flexibility index (Phi) is 1.00. The maximum Gasteiger partial charge on any atom is -0.00902 e. The average molecular weight is 147 g/mol. The maximum absolute atomic E-state index is 3.73. The molecule has 0 aliphatic heterocycles. The normalized spacial score (nSPS) is 20.8. The van der Waals surface area contributed by atoms with Gasteiger partial charge in [0.2, 0.25) is 0 Å². The van der Waals surface area contributed by atoms with E-state index in [1.54, 1.807) is 0 Å². The van der Waals surface area contributed by atoms with Gasteiger partial charge in [-0.15, -0.1) is 0 Å². The Morgan fingerprint density at radius 1 is 1.67 bits per heavy atom. The van der Waals surface area contributed by atoms with Crippen molar-refractivity contribution in [2.24, 2.45) is 5.92 Å². The minimum atomic E-state index is 0.824. The highest BCUT2D eigenvalue weighted by Crippen LogP contribution is 2.38. The van der Waals surface area contributed by atoms with Crippen molar-refractivity contribution in [1.82, 2.24) is 0 Å². The second-order valence-corrected chi connectivity index (χ2v) is 2.74. The highest BCUT2D eigenvalue weighted by atomic mass is 79.9. The van der Waals surface area contributed by atoms with Gasteiger partial charge in [-0.3, -0.25) is 0 Å². The molecule has 0 nitrogen and oxygen atoms in total. The Hall–Kier alpha value is 0.220. The number of hydrogen-bond donors (Lipinski definition) is 0. The fourth-order valence-corrected chi connectivity index (χ4v) is 0.854. The topological polar surface area (TPSA) is 0 Å². The quantitative estimate of drug-likeness (QED) is 0.533. The van der Waals surface area contributed by atoms with Gasteiger partial charge >= 0.3 is 0 Å². The first-order valence-corrected chi connectivity index (χ1v) is 2.94. The lowest BCUT2D eigenvalue weighted by Gasteiger charge is -1.80. The third-order valence-corrected chi connectivity index (χ3v) is 1.67. The van der Waals surface area contributed by atoms with E-state index in [1.165, 1.54) is 17.3 Å². The van der Waals surface area contributed by atoms with Gasteiger partial charge in [0.25, 0.3) is 0 Å². The summed E-state index contributed by atoms with van der Waals surface area (Å²) in [6.45, 7) is 3.73. The Morgan fingerprint density at radius 3 is 2.17 bits per heavy atom. The lowest BCUT2D eigenvalue weighted by Crippen LogP contribution is -1.63. The first-order chi connectivity index (χ1) is 2.80. The molecule has 0 amide bonds. The molecule has 0 unspecified atom stereocenters. The number of allylic oxidation sites excluding steroid dienone is 1. The first kappa shape index (κ1) is 4.38. The van der Waals surface area contributed by atoms with Crippen molar-refractivity contribution in [2.75, 3.05) is 0 Å². The molecule has 0 radical (unpaired) electrons. The molecule has 0 bridgehead atoms. The molecule has 6 heavy (non-hydrogen) atoms. The molecule has 1 fully saturated rings. The minimum Gasteiger partial charge on any atom is -0.0886 e. The summed E-state index contributed by atoms with van der Waals surface area (Å²) in [6.07, 6.45) is 2.70. The van der Waals surface area contributed by atoms with Crippen LogP contribution in [0.4, 0.5) is 0 Å². The van der Waals surface area contributed by atoms with Gasteiger partial charge in [0.15, 0.2) is 0 Å². The second-order valence-electron chi connectivity index (χ2n) is 1.72. The molecule has 34 valence electrons. The van der Waals surface area contributed by atoms with Crippen molar-refractivity contribution in [3.8, 4) is 0 Å². The predicted molar refractivity (Wildman–Crippen MR) is 30.8 cm³/mol. The number of rotatable bonds is 1. The van der Waals surface area contributed by atoms with E-state index in [4.69, 9.17) is 0 Å². The van der Waals surface area contributed by atoms with Crippen molar-refractivity contribution in [1.29, 1.82) is 0 Å². The molecule has 1 rings (SSSR count). The summed E-state index contributed by atoms with van der Waals surface area (Å²) in [4.78, 5) is 0. The molecule has 1 aliphatic carbocycles. The summed E-state index contributed by atoms with van der Waals surface area (Å²) in [6, 6.07) is 0. The molecule has 0 saturated heterocycles. The molecule has 1 aliphatic rings. The van der Waals surface area contributed by atoms with Gasteiger partial charge in [-0.25, -0.2) is 0 Å². The Morgan fingerprint density at radius 2 is 2.17 bits per heavy atom. The van der Waals surface area contributed by atoms with Crippen LogP contribution in [0.2, 0.25) is 0 Å². The zero-order chi connectivity index (χ0) is 4.57. The van der Waals surface area contributed by atoms with Gasteiger partial charge in [0.05, 0.1) is 0 Å². The van der Waals surface area contributed by atoms with Crippen LogP contribution < -0.4 is 0 Å². The van der Waals surface area contributed by atoms with E-state index in [2.05, 4.69) is 22.5 Å². The fourth-order valence-electron chi connectivity index (χ4n) is 0.397. The Labute approximate surface area is 46.4 Å². The van der Waals surface area contributed by atoms with Crippen LogP contribution in [-0.4, -0.2) is 0 Å². The van der Waals surface area contributed by atoms with E-state index in [9.17, 15) is 0 Å². The monoisotopic (exact) mass is 146 g/mol. The summed E-state index contributed by atoms with van der Waals surface area (Å²) < 4.78 is 1.18. The van der Waals surface area contributed by atoms with E-state index in [1.807, 2.05) is 0 Å². The van der Waals surface area contributed by atoms with Crippen LogP contribution in [0.25, 0.3) is 0 Å². The van der Waals surface area contributed by atoms with Gasteiger partial charge in [-0.05, 0) is 23.2 Å². The van der Waals surface area contributed by atoms with Crippen molar-refractivity contribution in [2.45, 2.75) is 12.8 Å². The van der Waals surface area contributed by atoms with Crippen molar-refractivity contribution in [3.05, 3.63) is 11.1 Å². The summed E-state index contributed by atoms with van der Waals surface area (Å²) in [5.74, 6) is 0.824. The van der Waals surface area contributed by atoms with Crippen LogP contribution >= 0.6 is 15.9 Å². The van der Waals surface area contributed by atoms with Gasteiger partial charge in [0.1, 0.15) is 0 Å². The first-order valence-electron chi connectivity index (χ1n) is 2.15. The standard InChI is InChI=1S/C5H7Br/c1-4(6)5-2-3-5/h5H,1-3H2. The Bertz CT molecular complexity index is 72.0. The van der Waals surface area contributed by atoms with Gasteiger partial charge in [0, 0.05) is 0 Å². The van der Waals surface area contributed by atoms with E-state index < -0.39 is 0 Å². The van der Waals surface area contributed by atoms with E-state index in [0.717, 1.165) is 5.92 Å². The molecule has 0 heterocycles. The summed E-state index contributed by atoms with van der Waals surface area (Å²) >= 11 is 3.31. The van der Waals surface area contributed by atoms with Crippen molar-refractivity contribution in [3.63, 3.8) is 0 Å². The predicted octanol–water partition coefficient (Wildman–Crippen LogP) is 2.31. The fraction of sp³-hybridized carbons (Fsp3) is 0.600. The van der Waals surface area contributed by atoms with Gasteiger partial charge in [-0.1, -0.05) is 22.5 Å². The van der Waals surface area contributed by atoms with Gasteiger partial charge < -0.3 is 0 Å². The third-order valence-electron chi connectivity index (χ3n) is 1.02. The second kappa shape index (κ2) is 1.38. The van der Waals surface area contributed by atoms with E-state index >= 15 is 0 Å². The summed E-state index contributed by atoms with van der Waals surface area (Å²) in [5.41, 5.74) is 0. The molecular weight excluding hydrogens is 140 g/mol. The molecule has 0 atom stereocenters. The highest BCUT2D eigenvalue weighted by molar-refractivity contribution is 9.11. The van der Waals surface area contributed by atoms with Crippen LogP contribution in [0.15, 0.2) is 11.1 Å². The van der Waals surface area contributed by atoms with Crippen LogP contribution in [-0.2, 0) is 0 Å². The zero-order valence-electron chi connectivity index (χ0n) is 3.58. The molecule has 0 aromatic rings. The largest absolute Gasteiger partial charge is 0.0886 e. The smallest absolute Gasteiger partial charge is 0.00902 e. The van der Waals surface area contributed by atoms with Gasteiger partial charge in [-0.2, -0.15) is 0 Å². The van der Waals surface area contributed by atoms with Crippen LogP contribution in [0.3, 0.4) is 0 Å². The third kappa shape index (κ3) is 0.839. The highest BCUT2D eigenvalue weighted by Gasteiger charge is 2.22. The maximum atomic E-state index is 3.73. The number of hydrogen-bond acceptors (Lipinski definition) is 0. The van der Waals surface area contributed by atoms with Crippen molar-refractivity contribution < 1.29 is 0 Å². The van der Waals surface area contributed by atoms with E-state index in [-0.39, 0.29) is 0 Å².